The molecule has 1 aromatic carbocycles. The van der Waals surface area contributed by atoms with E-state index in [4.69, 9.17) is 11.6 Å². The maximum atomic E-state index is 6.51. The van der Waals surface area contributed by atoms with Gasteiger partial charge in [0, 0.05) is 5.88 Å². The van der Waals surface area contributed by atoms with Gasteiger partial charge in [-0.2, -0.15) is 0 Å². The van der Waals surface area contributed by atoms with Gasteiger partial charge in [-0.1, -0.05) is 168 Å². The molecular weight excluding hydrogens is 494 g/mol. The minimum Gasteiger partial charge on any atom is -0.344 e. The Morgan fingerprint density at radius 2 is 0.667 bits per heavy atom. The first kappa shape index (κ1) is 38.5. The highest BCUT2D eigenvalue weighted by atomic mass is 35.5. The van der Waals surface area contributed by atoms with Crippen LogP contribution in [0.3, 0.4) is 0 Å². The number of benzene rings is 1. The van der Waals surface area contributed by atoms with Crippen molar-refractivity contribution < 1.29 is 0 Å². The van der Waals surface area contributed by atoms with Crippen LogP contribution in [0.2, 0.25) is 0 Å². The number of aryl methyl sites for hydroxylation is 1. The molecule has 0 saturated heterocycles. The summed E-state index contributed by atoms with van der Waals surface area (Å²) in [6.45, 7) is 6.93. The highest BCUT2D eigenvalue weighted by Gasteiger charge is 2.13. The number of hydrogen-bond acceptors (Lipinski definition) is 1. The molecule has 230 valence electrons. The molecule has 0 atom stereocenters. The van der Waals surface area contributed by atoms with Crippen LogP contribution in [0, 0.1) is 0 Å². The molecule has 0 spiro atoms. The van der Waals surface area contributed by atoms with Crippen molar-refractivity contribution in [2.75, 3.05) is 0 Å². The molecule has 39 heavy (non-hydrogen) atoms. The Hall–Kier alpha value is -0.530. The molecule has 0 aliphatic carbocycles. The molecule has 1 rings (SSSR count). The molecule has 0 radical (unpaired) electrons. The van der Waals surface area contributed by atoms with Crippen molar-refractivity contribution in [2.24, 2.45) is 0 Å². The Bertz CT molecular complexity index is 641. The minimum absolute atomic E-state index is 0. The zero-order valence-electron chi connectivity index (χ0n) is 27.0. The average Bonchev–Trinajstić information content (AvgIpc) is 2.93. The fraction of sp³-hybridized carbons (Fsp3) is 0.838. The molecule has 0 heterocycles. The zero-order valence-corrected chi connectivity index (χ0v) is 27.8. The predicted molar refractivity (Wildman–Crippen MR) is 180 cm³/mol. The quantitative estimate of drug-likeness (QED) is 0.0798. The Balaban J connectivity index is 0.0000144. The van der Waals surface area contributed by atoms with Crippen LogP contribution in [-0.2, 0) is 25.1 Å². The van der Waals surface area contributed by atoms with Crippen LogP contribution >= 0.6 is 11.6 Å². The van der Waals surface area contributed by atoms with Crippen molar-refractivity contribution >= 4 is 11.6 Å². The van der Waals surface area contributed by atoms with Crippen molar-refractivity contribution in [2.45, 2.75) is 200 Å². The van der Waals surface area contributed by atoms with Gasteiger partial charge in [-0.3, -0.25) is 0 Å². The zero-order chi connectivity index (χ0) is 27.5. The Kier molecular flexibility index (Phi) is 28.6. The van der Waals surface area contributed by atoms with Gasteiger partial charge in [-0.25, -0.2) is 0 Å². The van der Waals surface area contributed by atoms with Crippen molar-refractivity contribution in [1.29, 1.82) is 0 Å². The molecule has 0 aliphatic rings. The molecule has 0 bridgehead atoms. The Morgan fingerprint density at radius 1 is 0.385 bits per heavy atom. The average molecular weight is 564 g/mol. The Labute approximate surface area is 251 Å². The van der Waals surface area contributed by atoms with Crippen molar-refractivity contribution in [3.63, 3.8) is 0 Å². The number of unbranched alkanes of at least 4 members (excludes halogenated alkanes) is 21. The van der Waals surface area contributed by atoms with Gasteiger partial charge < -0.3 is 6.15 Å². The monoisotopic (exact) mass is 564 g/mol. The third-order valence-corrected chi connectivity index (χ3v) is 8.92. The number of hydrogen-bond donors (Lipinski definition) is 1. The van der Waals surface area contributed by atoms with Crippen molar-refractivity contribution in [1.82, 2.24) is 6.15 Å². The van der Waals surface area contributed by atoms with Gasteiger partial charge in [0.05, 0.1) is 0 Å². The van der Waals surface area contributed by atoms with Crippen LogP contribution in [0.25, 0.3) is 0 Å². The summed E-state index contributed by atoms with van der Waals surface area (Å²) in [5.41, 5.74) is 6.43. The molecule has 0 unspecified atom stereocenters. The minimum atomic E-state index is 0. The van der Waals surface area contributed by atoms with Crippen LogP contribution in [0.15, 0.2) is 12.1 Å². The van der Waals surface area contributed by atoms with Crippen molar-refractivity contribution in [3.05, 3.63) is 34.4 Å². The molecule has 0 aromatic heterocycles. The molecule has 0 fully saturated rings. The van der Waals surface area contributed by atoms with Gasteiger partial charge >= 0.3 is 0 Å². The third kappa shape index (κ3) is 20.1. The van der Waals surface area contributed by atoms with Gasteiger partial charge in [0.1, 0.15) is 0 Å². The lowest BCUT2D eigenvalue weighted by atomic mass is 9.87. The van der Waals surface area contributed by atoms with E-state index in [0.29, 0.717) is 5.88 Å². The molecule has 0 saturated carbocycles. The van der Waals surface area contributed by atoms with E-state index in [1.54, 1.807) is 16.7 Å². The summed E-state index contributed by atoms with van der Waals surface area (Å²) in [5.74, 6) is 0.675. The normalized spacial score (nSPS) is 11.2. The molecule has 1 aromatic rings. The third-order valence-electron chi connectivity index (χ3n) is 8.63. The molecule has 3 N–H and O–H groups in total. The van der Waals surface area contributed by atoms with Crippen LogP contribution in [0.4, 0.5) is 0 Å². The number of halogens is 1. The topological polar surface area (TPSA) is 35.0 Å². The SMILES string of the molecule is CCCCCCCCCCc1ccc(CCl)c(CCCCCCCCCC)c1CCCCCCCCCC.N. The second-order valence-electron chi connectivity index (χ2n) is 12.1. The summed E-state index contributed by atoms with van der Waals surface area (Å²) < 4.78 is 0. The molecule has 2 heteroatoms. The molecule has 1 nitrogen and oxygen atoms in total. The maximum Gasteiger partial charge on any atom is 0.0476 e. The first-order valence-electron chi connectivity index (χ1n) is 17.5. The summed E-state index contributed by atoms with van der Waals surface area (Å²) in [6.07, 6.45) is 37.4. The van der Waals surface area contributed by atoms with Crippen LogP contribution in [-0.4, -0.2) is 0 Å². The number of rotatable bonds is 28. The van der Waals surface area contributed by atoms with E-state index in [9.17, 15) is 0 Å². The molecule has 0 aliphatic heterocycles. The second-order valence-corrected chi connectivity index (χ2v) is 12.4. The van der Waals surface area contributed by atoms with Crippen LogP contribution in [0.5, 0.6) is 0 Å². The van der Waals surface area contributed by atoms with Gasteiger partial charge in [0.25, 0.3) is 0 Å². The first-order chi connectivity index (χ1) is 18.8. The predicted octanol–water partition coefficient (Wildman–Crippen LogP) is 13.6. The van der Waals surface area contributed by atoms with Crippen LogP contribution in [0.1, 0.15) is 197 Å². The summed E-state index contributed by atoms with van der Waals surface area (Å²) in [7, 11) is 0. The van der Waals surface area contributed by atoms with E-state index in [1.165, 1.54) is 179 Å². The van der Waals surface area contributed by atoms with Crippen molar-refractivity contribution in [3.8, 4) is 0 Å². The smallest absolute Gasteiger partial charge is 0.0476 e. The van der Waals surface area contributed by atoms with Gasteiger partial charge in [0.2, 0.25) is 0 Å². The maximum absolute atomic E-state index is 6.51. The summed E-state index contributed by atoms with van der Waals surface area (Å²) in [5, 5.41) is 0. The number of alkyl halides is 1. The first-order valence-corrected chi connectivity index (χ1v) is 18.0. The summed E-state index contributed by atoms with van der Waals surface area (Å²) >= 11 is 6.51. The lowest BCUT2D eigenvalue weighted by Gasteiger charge is -2.19. The molecular formula is C37H70ClN. The second kappa shape index (κ2) is 29.0. The van der Waals surface area contributed by atoms with E-state index in [0.717, 1.165) is 0 Å². The van der Waals surface area contributed by atoms with Crippen LogP contribution < -0.4 is 6.15 Å². The standard InChI is InChI=1S/C37H67Cl.H3N/c1-4-7-10-13-16-19-22-25-28-34-31-32-35(33-38)37(30-27-24-21-18-15-12-9-6-3)36(34)29-26-23-20-17-14-11-8-5-2;/h31-32H,4-30,33H2,1-3H3;1H3. The fourth-order valence-corrected chi connectivity index (χ4v) is 6.34. The lowest BCUT2D eigenvalue weighted by molar-refractivity contribution is 0.566. The fourth-order valence-electron chi connectivity index (χ4n) is 6.09. The van der Waals surface area contributed by atoms with Gasteiger partial charge in [-0.15, -0.1) is 11.6 Å². The largest absolute Gasteiger partial charge is 0.344 e. The lowest BCUT2D eigenvalue weighted by Crippen LogP contribution is -2.05. The Morgan fingerprint density at radius 3 is 1.03 bits per heavy atom. The van der Waals surface area contributed by atoms with E-state index in [2.05, 4.69) is 32.9 Å². The van der Waals surface area contributed by atoms with E-state index in [-0.39, 0.29) is 6.15 Å². The summed E-state index contributed by atoms with van der Waals surface area (Å²) in [4.78, 5) is 0. The molecule has 0 amide bonds. The van der Waals surface area contributed by atoms with E-state index in [1.807, 2.05) is 0 Å². The summed E-state index contributed by atoms with van der Waals surface area (Å²) in [6, 6.07) is 4.83. The van der Waals surface area contributed by atoms with E-state index < -0.39 is 0 Å². The highest BCUT2D eigenvalue weighted by molar-refractivity contribution is 6.17. The highest BCUT2D eigenvalue weighted by Crippen LogP contribution is 2.27. The van der Waals surface area contributed by atoms with Gasteiger partial charge in [-0.05, 0) is 60.8 Å². The van der Waals surface area contributed by atoms with E-state index >= 15 is 0 Å². The van der Waals surface area contributed by atoms with Gasteiger partial charge in [0.15, 0.2) is 0 Å².